The van der Waals surface area contributed by atoms with Crippen LogP contribution >= 0.6 is 0 Å². The summed E-state index contributed by atoms with van der Waals surface area (Å²) in [7, 11) is 0. The lowest BCUT2D eigenvalue weighted by Gasteiger charge is -2.18. The summed E-state index contributed by atoms with van der Waals surface area (Å²) in [6.45, 7) is 4.37. The van der Waals surface area contributed by atoms with Gasteiger partial charge in [-0.15, -0.1) is 0 Å². The van der Waals surface area contributed by atoms with Gasteiger partial charge in [-0.25, -0.2) is 0 Å². The molecule has 0 rings (SSSR count). The lowest BCUT2D eigenvalue weighted by molar-refractivity contribution is -0.151. The number of rotatable bonds is 19. The molecule has 0 saturated heterocycles. The summed E-state index contributed by atoms with van der Waals surface area (Å²) < 4.78 is 0. The van der Waals surface area contributed by atoms with Crippen LogP contribution in [-0.4, -0.2) is 28.1 Å². The summed E-state index contributed by atoms with van der Waals surface area (Å²) in [6, 6.07) is 0. The van der Waals surface area contributed by atoms with Crippen LogP contribution in [0.25, 0.3) is 0 Å². The zero-order valence-electron chi connectivity index (χ0n) is 17.2. The number of hydrogen-bond acceptors (Lipinski definition) is 3. The Morgan fingerprint density at radius 1 is 0.692 bits per heavy atom. The molecule has 0 spiro atoms. The number of Topliss-reactive ketones (excluding diaryl/α,β-unsaturated/α-hetero) is 1. The molecule has 0 aromatic carbocycles. The van der Waals surface area contributed by atoms with Gasteiger partial charge in [0.2, 0.25) is 0 Å². The fraction of sp³-hybridized carbons (Fsp3) is 0.909. The van der Waals surface area contributed by atoms with Gasteiger partial charge in [0, 0.05) is 6.42 Å². The molecule has 4 heteroatoms. The zero-order chi connectivity index (χ0) is 19.6. The fourth-order valence-corrected chi connectivity index (χ4v) is 3.41. The maximum atomic E-state index is 12.2. The first-order chi connectivity index (χ1) is 12.5. The molecule has 0 aromatic heterocycles. The predicted octanol–water partition coefficient (Wildman–Crippen LogP) is 5.90. The first-order valence-electron chi connectivity index (χ1n) is 11.0. The van der Waals surface area contributed by atoms with Gasteiger partial charge in [-0.3, -0.25) is 9.59 Å². The molecule has 0 fully saturated rings. The van der Waals surface area contributed by atoms with E-state index in [1.165, 1.54) is 51.4 Å². The van der Waals surface area contributed by atoms with E-state index in [0.29, 0.717) is 6.42 Å². The van der Waals surface area contributed by atoms with E-state index in [-0.39, 0.29) is 12.2 Å². The second-order valence-electron chi connectivity index (χ2n) is 7.63. The quantitative estimate of drug-likeness (QED) is 0.219. The van der Waals surface area contributed by atoms with Gasteiger partial charge in [-0.05, 0) is 12.8 Å². The topological polar surface area (TPSA) is 74.6 Å². The van der Waals surface area contributed by atoms with E-state index in [1.54, 1.807) is 0 Å². The van der Waals surface area contributed by atoms with E-state index in [0.717, 1.165) is 38.5 Å². The van der Waals surface area contributed by atoms with E-state index < -0.39 is 18.0 Å². The minimum Gasteiger partial charge on any atom is -0.481 e. The van der Waals surface area contributed by atoms with Crippen molar-refractivity contribution in [2.24, 2.45) is 5.92 Å². The molecule has 0 amide bonds. The molecule has 0 heterocycles. The van der Waals surface area contributed by atoms with Crippen molar-refractivity contribution in [3.05, 3.63) is 0 Å². The fourth-order valence-electron chi connectivity index (χ4n) is 3.41. The van der Waals surface area contributed by atoms with Crippen molar-refractivity contribution in [3.8, 4) is 0 Å². The Balaban J connectivity index is 3.96. The number of carbonyl (C=O) groups is 2. The number of carbonyl (C=O) groups excluding carboxylic acids is 1. The van der Waals surface area contributed by atoms with Gasteiger partial charge in [-0.1, -0.05) is 97.3 Å². The smallest absolute Gasteiger partial charge is 0.316 e. The first-order valence-corrected chi connectivity index (χ1v) is 11.0. The lowest BCUT2D eigenvalue weighted by atomic mass is 9.90. The number of hydrogen-bond donors (Lipinski definition) is 2. The molecule has 2 atom stereocenters. The molecular weight excluding hydrogens is 328 g/mol. The summed E-state index contributed by atoms with van der Waals surface area (Å²) >= 11 is 0. The molecule has 0 radical (unpaired) electrons. The third-order valence-electron chi connectivity index (χ3n) is 5.13. The van der Waals surface area contributed by atoms with E-state index in [9.17, 15) is 19.8 Å². The van der Waals surface area contributed by atoms with Crippen molar-refractivity contribution in [2.45, 2.75) is 123 Å². The predicted molar refractivity (Wildman–Crippen MR) is 107 cm³/mol. The lowest BCUT2D eigenvalue weighted by Crippen LogP contribution is -2.35. The molecule has 0 aliphatic carbocycles. The second kappa shape index (κ2) is 17.5. The third-order valence-corrected chi connectivity index (χ3v) is 5.13. The number of aliphatic carboxylic acids is 1. The average Bonchev–Trinajstić information content (AvgIpc) is 2.60. The van der Waals surface area contributed by atoms with Gasteiger partial charge in [0.15, 0.2) is 0 Å². The molecular formula is C22H42O4. The molecule has 154 valence electrons. The van der Waals surface area contributed by atoms with Gasteiger partial charge in [0.05, 0.1) is 6.10 Å². The SMILES string of the molecule is CCCCCCCCCC(=O)C(C(=O)O)C(O)CCCCCCCCC. The van der Waals surface area contributed by atoms with E-state index in [2.05, 4.69) is 13.8 Å². The Morgan fingerprint density at radius 2 is 1.12 bits per heavy atom. The molecule has 26 heavy (non-hydrogen) atoms. The van der Waals surface area contributed by atoms with Crippen LogP contribution < -0.4 is 0 Å². The van der Waals surface area contributed by atoms with Crippen molar-refractivity contribution < 1.29 is 19.8 Å². The number of aliphatic hydroxyl groups excluding tert-OH is 1. The van der Waals surface area contributed by atoms with E-state index in [4.69, 9.17) is 0 Å². The molecule has 0 aliphatic heterocycles. The maximum Gasteiger partial charge on any atom is 0.316 e. The molecule has 0 bridgehead atoms. The molecule has 0 aromatic rings. The highest BCUT2D eigenvalue weighted by atomic mass is 16.4. The molecule has 0 saturated carbocycles. The van der Waals surface area contributed by atoms with Crippen LogP contribution in [0, 0.1) is 5.92 Å². The molecule has 0 aliphatic rings. The Hall–Kier alpha value is -0.900. The normalized spacial score (nSPS) is 13.5. The van der Waals surface area contributed by atoms with Crippen molar-refractivity contribution in [1.29, 1.82) is 0 Å². The summed E-state index contributed by atoms with van der Waals surface area (Å²) in [5.41, 5.74) is 0. The van der Waals surface area contributed by atoms with Gasteiger partial charge in [0.25, 0.3) is 0 Å². The molecule has 2 N–H and O–H groups in total. The minimum atomic E-state index is -1.24. The van der Waals surface area contributed by atoms with Crippen molar-refractivity contribution in [3.63, 3.8) is 0 Å². The van der Waals surface area contributed by atoms with Crippen LogP contribution in [0.3, 0.4) is 0 Å². The number of aliphatic hydroxyl groups is 1. The highest BCUT2D eigenvalue weighted by Crippen LogP contribution is 2.18. The molecule has 4 nitrogen and oxygen atoms in total. The standard InChI is InChI=1S/C22H42O4/c1-3-5-7-9-11-13-15-17-19(23)21(22(25)26)20(24)18-16-14-12-10-8-6-4-2/h19,21,23H,3-18H2,1-2H3,(H,25,26). The van der Waals surface area contributed by atoms with Crippen molar-refractivity contribution in [1.82, 2.24) is 0 Å². The van der Waals surface area contributed by atoms with Crippen molar-refractivity contribution in [2.75, 3.05) is 0 Å². The van der Waals surface area contributed by atoms with Crippen molar-refractivity contribution >= 4 is 11.8 Å². The average molecular weight is 371 g/mol. The number of carboxylic acid groups (broad SMARTS) is 1. The summed E-state index contributed by atoms with van der Waals surface area (Å²) in [4.78, 5) is 23.6. The minimum absolute atomic E-state index is 0.277. The summed E-state index contributed by atoms with van der Waals surface area (Å²) in [5.74, 6) is -2.72. The first kappa shape index (κ1) is 25.1. The number of ketones is 1. The summed E-state index contributed by atoms with van der Waals surface area (Å²) in [5, 5.41) is 19.5. The second-order valence-corrected chi connectivity index (χ2v) is 7.63. The van der Waals surface area contributed by atoms with Gasteiger partial charge in [-0.2, -0.15) is 0 Å². The van der Waals surface area contributed by atoms with Gasteiger partial charge < -0.3 is 10.2 Å². The van der Waals surface area contributed by atoms with Gasteiger partial charge >= 0.3 is 5.97 Å². The van der Waals surface area contributed by atoms with Crippen LogP contribution in [0.4, 0.5) is 0 Å². The highest BCUT2D eigenvalue weighted by Gasteiger charge is 2.32. The van der Waals surface area contributed by atoms with E-state index >= 15 is 0 Å². The largest absolute Gasteiger partial charge is 0.481 e. The van der Waals surface area contributed by atoms with Crippen LogP contribution in [0.5, 0.6) is 0 Å². The maximum absolute atomic E-state index is 12.2. The third kappa shape index (κ3) is 13.3. The number of unbranched alkanes of at least 4 members (excludes halogenated alkanes) is 12. The Bertz CT molecular complexity index is 354. The number of carboxylic acids is 1. The van der Waals surface area contributed by atoms with Crippen LogP contribution in [0.15, 0.2) is 0 Å². The Morgan fingerprint density at radius 3 is 1.58 bits per heavy atom. The summed E-state index contributed by atoms with van der Waals surface area (Å²) in [6.07, 6.45) is 15.2. The zero-order valence-corrected chi connectivity index (χ0v) is 17.2. The molecule has 2 unspecified atom stereocenters. The van der Waals surface area contributed by atoms with Gasteiger partial charge in [0.1, 0.15) is 11.7 Å². The monoisotopic (exact) mass is 370 g/mol. The Labute approximate surface area is 160 Å². The van der Waals surface area contributed by atoms with E-state index in [1.807, 2.05) is 0 Å². The van der Waals surface area contributed by atoms with Crippen LogP contribution in [-0.2, 0) is 9.59 Å². The highest BCUT2D eigenvalue weighted by molar-refractivity contribution is 5.98. The van der Waals surface area contributed by atoms with Crippen LogP contribution in [0.1, 0.15) is 117 Å². The Kier molecular flexibility index (Phi) is 16.9. The van der Waals surface area contributed by atoms with Crippen LogP contribution in [0.2, 0.25) is 0 Å².